The van der Waals surface area contributed by atoms with Crippen molar-refractivity contribution < 1.29 is 37.9 Å². The fourth-order valence-corrected chi connectivity index (χ4v) is 7.43. The van der Waals surface area contributed by atoms with Gasteiger partial charge in [0, 0.05) is 19.4 Å². The van der Waals surface area contributed by atoms with Gasteiger partial charge in [0.25, 0.3) is 0 Å². The van der Waals surface area contributed by atoms with Crippen LogP contribution in [0.4, 0.5) is 0 Å². The number of unbranched alkanes of at least 4 members (excludes halogenated alkanes) is 29. The van der Waals surface area contributed by atoms with Gasteiger partial charge in [0.05, 0.1) is 13.2 Å². The predicted octanol–water partition coefficient (Wildman–Crippen LogP) is 13.0. The Morgan fingerprint density at radius 2 is 0.927 bits per heavy atom. The smallest absolute Gasteiger partial charge is 0.463 e. The van der Waals surface area contributed by atoms with Crippen molar-refractivity contribution >= 4 is 19.7 Å². The maximum Gasteiger partial charge on any atom is 0.472 e. The number of aliphatic hydroxyl groups is 1. The zero-order valence-corrected chi connectivity index (χ0v) is 36.8. The first-order valence-corrected chi connectivity index (χ1v) is 24.7. The van der Waals surface area contributed by atoms with E-state index in [9.17, 15) is 24.2 Å². The van der Waals surface area contributed by atoms with Gasteiger partial charge in [0.2, 0.25) is 5.91 Å². The van der Waals surface area contributed by atoms with E-state index in [-0.39, 0.29) is 32.1 Å². The molecule has 0 aliphatic heterocycles. The summed E-state index contributed by atoms with van der Waals surface area (Å²) in [6, 6.07) is 0. The summed E-state index contributed by atoms with van der Waals surface area (Å²) < 4.78 is 26.9. The Hall–Kier alpha value is -1.25. The molecule has 0 aromatic heterocycles. The predicted molar refractivity (Wildman–Crippen MR) is 229 cm³/mol. The summed E-state index contributed by atoms with van der Waals surface area (Å²) in [5.74, 6) is -0.508. The fraction of sp³-hybridized carbons (Fsp3) is 0.911. The van der Waals surface area contributed by atoms with E-state index >= 15 is 0 Å². The summed E-state index contributed by atoms with van der Waals surface area (Å²) in [4.78, 5) is 33.9. The molecule has 0 bridgehead atoms. The van der Waals surface area contributed by atoms with Crippen LogP contribution < -0.4 is 5.32 Å². The van der Waals surface area contributed by atoms with Crippen LogP contribution in [0.5, 0.6) is 0 Å². The molecule has 2 atom stereocenters. The van der Waals surface area contributed by atoms with Gasteiger partial charge < -0.3 is 20.1 Å². The number of esters is 1. The molecule has 0 fully saturated rings. The molecule has 55 heavy (non-hydrogen) atoms. The number of carbonyl (C=O) groups excluding carboxylic acids is 2. The SMILES string of the molecule is CCCCCCCC/C=C/CCCCCCCCCCCC(=O)OCC(O)COP(=O)(O)OCCNC(=O)CCCCCCCCCCCCCCCCC. The third kappa shape index (κ3) is 43.7. The molecular weight excluding hydrogens is 713 g/mol. The Balaban J connectivity index is 3.55. The van der Waals surface area contributed by atoms with Gasteiger partial charge in [-0.05, 0) is 38.5 Å². The average Bonchev–Trinajstić information content (AvgIpc) is 3.17. The van der Waals surface area contributed by atoms with Gasteiger partial charge in [-0.25, -0.2) is 4.57 Å². The van der Waals surface area contributed by atoms with Crippen molar-refractivity contribution in [1.82, 2.24) is 5.32 Å². The number of rotatable bonds is 44. The van der Waals surface area contributed by atoms with Crippen LogP contribution in [0.2, 0.25) is 0 Å². The van der Waals surface area contributed by atoms with Gasteiger partial charge in [0.15, 0.2) is 0 Å². The lowest BCUT2D eigenvalue weighted by Gasteiger charge is -2.15. The molecule has 10 heteroatoms. The molecule has 0 saturated carbocycles. The van der Waals surface area contributed by atoms with Crippen LogP contribution in [-0.2, 0) is 27.9 Å². The summed E-state index contributed by atoms with van der Waals surface area (Å²) in [7, 11) is -4.41. The Morgan fingerprint density at radius 3 is 1.36 bits per heavy atom. The van der Waals surface area contributed by atoms with E-state index in [0.29, 0.717) is 6.42 Å². The molecule has 0 aliphatic rings. The number of ether oxygens (including phenoxy) is 1. The van der Waals surface area contributed by atoms with Crippen molar-refractivity contribution in [2.45, 2.75) is 238 Å². The van der Waals surface area contributed by atoms with Gasteiger partial charge in [-0.3, -0.25) is 18.6 Å². The van der Waals surface area contributed by atoms with Gasteiger partial charge in [0.1, 0.15) is 12.7 Å². The third-order valence-electron chi connectivity index (χ3n) is 10.2. The summed E-state index contributed by atoms with van der Waals surface area (Å²) in [5, 5.41) is 12.7. The maximum absolute atomic E-state index is 12.1. The van der Waals surface area contributed by atoms with E-state index in [1.54, 1.807) is 0 Å². The second-order valence-corrected chi connectivity index (χ2v) is 17.2. The van der Waals surface area contributed by atoms with Gasteiger partial charge >= 0.3 is 13.8 Å². The zero-order valence-electron chi connectivity index (χ0n) is 35.9. The Kier molecular flexibility index (Phi) is 41.4. The topological polar surface area (TPSA) is 131 Å². The first-order chi connectivity index (χ1) is 26.8. The Morgan fingerprint density at radius 1 is 0.545 bits per heavy atom. The van der Waals surface area contributed by atoms with Crippen molar-refractivity contribution in [3.8, 4) is 0 Å². The number of aliphatic hydroxyl groups excluding tert-OH is 1. The van der Waals surface area contributed by atoms with E-state index in [1.165, 1.54) is 167 Å². The first kappa shape index (κ1) is 53.8. The molecule has 0 spiro atoms. The van der Waals surface area contributed by atoms with Crippen LogP contribution in [-0.4, -0.2) is 54.3 Å². The highest BCUT2D eigenvalue weighted by molar-refractivity contribution is 7.47. The Bertz CT molecular complexity index is 917. The number of carbonyl (C=O) groups is 2. The van der Waals surface area contributed by atoms with Crippen molar-refractivity contribution in [3.05, 3.63) is 12.2 Å². The summed E-state index contributed by atoms with van der Waals surface area (Å²) >= 11 is 0. The second-order valence-electron chi connectivity index (χ2n) is 15.7. The lowest BCUT2D eigenvalue weighted by molar-refractivity contribution is -0.147. The number of hydrogen-bond acceptors (Lipinski definition) is 7. The van der Waals surface area contributed by atoms with E-state index in [4.69, 9.17) is 13.8 Å². The minimum atomic E-state index is -4.41. The second kappa shape index (κ2) is 42.4. The zero-order chi connectivity index (χ0) is 40.3. The lowest BCUT2D eigenvalue weighted by atomic mass is 10.0. The van der Waals surface area contributed by atoms with Crippen LogP contribution in [0.3, 0.4) is 0 Å². The number of phosphoric acid groups is 1. The number of allylic oxidation sites excluding steroid dienone is 2. The Labute approximate surface area is 338 Å². The van der Waals surface area contributed by atoms with Gasteiger partial charge in [-0.15, -0.1) is 0 Å². The van der Waals surface area contributed by atoms with E-state index in [2.05, 4.69) is 31.3 Å². The summed E-state index contributed by atoms with van der Waals surface area (Å²) in [6.45, 7) is 3.59. The van der Waals surface area contributed by atoms with Gasteiger partial charge in [-0.1, -0.05) is 193 Å². The fourth-order valence-electron chi connectivity index (χ4n) is 6.67. The molecule has 0 radical (unpaired) electrons. The molecule has 1 amide bonds. The quantitative estimate of drug-likeness (QED) is 0.0240. The van der Waals surface area contributed by atoms with Crippen LogP contribution in [0.1, 0.15) is 232 Å². The maximum atomic E-state index is 12.1. The molecule has 326 valence electrons. The molecule has 2 unspecified atom stereocenters. The molecule has 0 aliphatic carbocycles. The van der Waals surface area contributed by atoms with Crippen LogP contribution in [0.25, 0.3) is 0 Å². The molecule has 3 N–H and O–H groups in total. The lowest BCUT2D eigenvalue weighted by Crippen LogP contribution is -2.27. The largest absolute Gasteiger partial charge is 0.472 e. The number of phosphoric ester groups is 1. The van der Waals surface area contributed by atoms with Crippen molar-refractivity contribution in [1.29, 1.82) is 0 Å². The number of hydrogen-bond donors (Lipinski definition) is 3. The highest BCUT2D eigenvalue weighted by Gasteiger charge is 2.23. The minimum Gasteiger partial charge on any atom is -0.463 e. The number of amides is 1. The standard InChI is InChI=1S/C45H88NO8P/c1-3-5-7-9-11-13-15-17-19-20-21-22-24-26-28-30-32-34-36-38-45(49)52-41-43(47)42-54-55(50,51)53-40-39-46-44(48)37-35-33-31-29-27-25-23-18-16-14-12-10-8-6-4-2/h17,19,43,47H,3-16,18,20-42H2,1-2H3,(H,46,48)(H,50,51)/b19-17+. The molecular formula is C45H88NO8P. The van der Waals surface area contributed by atoms with E-state index in [1.807, 2.05) is 0 Å². The number of nitrogens with one attached hydrogen (secondary N) is 1. The first-order valence-electron chi connectivity index (χ1n) is 23.2. The summed E-state index contributed by atoms with van der Waals surface area (Å²) in [5.41, 5.74) is 0. The van der Waals surface area contributed by atoms with E-state index in [0.717, 1.165) is 38.5 Å². The monoisotopic (exact) mass is 802 g/mol. The normalized spacial score (nSPS) is 13.3. The third-order valence-corrected chi connectivity index (χ3v) is 11.2. The molecule has 0 rings (SSSR count). The highest BCUT2D eigenvalue weighted by atomic mass is 31.2. The average molecular weight is 802 g/mol. The molecule has 9 nitrogen and oxygen atoms in total. The van der Waals surface area contributed by atoms with E-state index < -0.39 is 26.5 Å². The molecule has 0 aromatic carbocycles. The van der Waals surface area contributed by atoms with Gasteiger partial charge in [-0.2, -0.15) is 0 Å². The van der Waals surface area contributed by atoms with Crippen molar-refractivity contribution in [2.24, 2.45) is 0 Å². The van der Waals surface area contributed by atoms with Crippen LogP contribution in [0.15, 0.2) is 12.2 Å². The molecule has 0 aromatic rings. The molecule has 0 heterocycles. The van der Waals surface area contributed by atoms with Crippen molar-refractivity contribution in [2.75, 3.05) is 26.4 Å². The summed E-state index contributed by atoms with van der Waals surface area (Å²) in [6.07, 6.45) is 44.2. The highest BCUT2D eigenvalue weighted by Crippen LogP contribution is 2.42. The van der Waals surface area contributed by atoms with Crippen LogP contribution >= 0.6 is 7.82 Å². The van der Waals surface area contributed by atoms with Crippen LogP contribution in [0, 0.1) is 0 Å². The van der Waals surface area contributed by atoms with Crippen molar-refractivity contribution in [3.63, 3.8) is 0 Å². The minimum absolute atomic E-state index is 0.0864. The molecule has 0 saturated heterocycles.